The molecule has 0 spiro atoms. The van der Waals surface area contributed by atoms with E-state index in [1.165, 1.54) is 6.07 Å². The summed E-state index contributed by atoms with van der Waals surface area (Å²) in [6.07, 6.45) is 16.5. The molecule has 290 valence electrons. The fraction of sp³-hybridized carbons (Fsp3) is 0.340. The lowest BCUT2D eigenvalue weighted by Crippen LogP contribution is -2.18. The van der Waals surface area contributed by atoms with E-state index in [0.717, 1.165) is 110 Å². The van der Waals surface area contributed by atoms with Gasteiger partial charge < -0.3 is 18.9 Å². The molecule has 0 radical (unpaired) electrons. The Labute approximate surface area is 329 Å². The van der Waals surface area contributed by atoms with Gasteiger partial charge in [-0.15, -0.1) is 0 Å². The van der Waals surface area contributed by atoms with Crippen LogP contribution in [0.25, 0.3) is 5.57 Å². The normalized spacial score (nSPS) is 12.5. The van der Waals surface area contributed by atoms with Gasteiger partial charge in [0.05, 0.1) is 18.1 Å². The molecule has 0 unspecified atom stereocenters. The topological polar surface area (TPSA) is 81.9 Å². The van der Waals surface area contributed by atoms with Crippen molar-refractivity contribution in [3.05, 3.63) is 138 Å². The number of hydrogen-bond donors (Lipinski definition) is 0. The van der Waals surface area contributed by atoms with Crippen LogP contribution in [-0.2, 0) is 10.1 Å². The fourth-order valence-electron chi connectivity index (χ4n) is 6.55. The molecule has 0 aromatic heterocycles. The van der Waals surface area contributed by atoms with Crippen molar-refractivity contribution in [3.8, 4) is 11.5 Å². The van der Waals surface area contributed by atoms with Crippen molar-refractivity contribution < 1.29 is 27.0 Å². The SMILES string of the molecule is CCCCOc1ccc(N(CCCC)c2ccc(C(=C3C=CC(=[N+](CCCC)c4ccc(OCCCC)cc4)C=C3)c3ccccc3S(=O)(=O)[O-])cc2)cc1. The van der Waals surface area contributed by atoms with E-state index in [9.17, 15) is 13.0 Å². The molecule has 0 amide bonds. The molecule has 0 aliphatic heterocycles. The fourth-order valence-corrected chi connectivity index (χ4v) is 7.23. The molecule has 4 aromatic carbocycles. The molecule has 5 rings (SSSR count). The van der Waals surface area contributed by atoms with Crippen LogP contribution >= 0.6 is 0 Å². The molecule has 4 aromatic rings. The third-order valence-electron chi connectivity index (χ3n) is 9.66. The molecular weight excluding hydrogens is 705 g/mol. The maximum atomic E-state index is 12.6. The zero-order chi connectivity index (χ0) is 39.0. The molecule has 1 aliphatic rings. The lowest BCUT2D eigenvalue weighted by molar-refractivity contribution is -0.439. The van der Waals surface area contributed by atoms with Crippen LogP contribution < -0.4 is 14.4 Å². The van der Waals surface area contributed by atoms with Gasteiger partial charge in [0, 0.05) is 54.2 Å². The van der Waals surface area contributed by atoms with Crippen molar-refractivity contribution in [1.29, 1.82) is 0 Å². The molecule has 8 heteroatoms. The lowest BCUT2D eigenvalue weighted by atomic mass is 9.90. The Bertz CT molecular complexity index is 2050. The number of anilines is 2. The highest BCUT2D eigenvalue weighted by molar-refractivity contribution is 7.85. The van der Waals surface area contributed by atoms with Crippen LogP contribution in [0.1, 0.15) is 90.2 Å². The zero-order valence-electron chi connectivity index (χ0n) is 32.9. The summed E-state index contributed by atoms with van der Waals surface area (Å²) in [5.41, 5.74) is 6.84. The Balaban J connectivity index is 1.54. The predicted octanol–water partition coefficient (Wildman–Crippen LogP) is 11.4. The molecule has 55 heavy (non-hydrogen) atoms. The highest BCUT2D eigenvalue weighted by atomic mass is 32.2. The van der Waals surface area contributed by atoms with E-state index in [4.69, 9.17) is 9.47 Å². The van der Waals surface area contributed by atoms with E-state index in [1.54, 1.807) is 18.2 Å². The van der Waals surface area contributed by atoms with Crippen LogP contribution in [0.4, 0.5) is 17.1 Å². The largest absolute Gasteiger partial charge is 0.744 e. The Hall–Kier alpha value is -4.92. The number of rotatable bonds is 20. The number of benzene rings is 4. The second-order valence-electron chi connectivity index (χ2n) is 13.8. The van der Waals surface area contributed by atoms with Crippen molar-refractivity contribution in [2.45, 2.75) is 84.0 Å². The molecule has 0 bridgehead atoms. The van der Waals surface area contributed by atoms with Crippen LogP contribution in [-0.4, -0.2) is 49.6 Å². The molecule has 0 saturated carbocycles. The van der Waals surface area contributed by atoms with Gasteiger partial charge in [0.2, 0.25) is 11.4 Å². The van der Waals surface area contributed by atoms with Gasteiger partial charge in [0.25, 0.3) is 0 Å². The molecular formula is C47H56N2O5S. The minimum absolute atomic E-state index is 0.241. The number of unbranched alkanes of at least 4 members (excludes halogenated alkanes) is 4. The Kier molecular flexibility index (Phi) is 15.5. The molecule has 0 heterocycles. The van der Waals surface area contributed by atoms with Crippen molar-refractivity contribution >= 4 is 38.5 Å². The van der Waals surface area contributed by atoms with Crippen molar-refractivity contribution in [2.24, 2.45) is 0 Å². The van der Waals surface area contributed by atoms with E-state index in [-0.39, 0.29) is 4.90 Å². The quantitative estimate of drug-likeness (QED) is 0.0507. The standard InChI is InChI=1S/C47H56N2O5S/c1-5-9-33-48(41-25-29-43(30-26-41)53-35-11-7-3)39-21-17-37(18-22-39)47(45-15-13-14-16-46(45)55(50,51)52)38-19-23-40(24-20-38)49(34-10-6-2)42-27-31-44(32-28-42)54-36-12-8-4/h13-32H,5-12,33-36H2,1-4H3. The van der Waals surface area contributed by atoms with Crippen LogP contribution in [0, 0.1) is 0 Å². The van der Waals surface area contributed by atoms with Crippen LogP contribution in [0.3, 0.4) is 0 Å². The maximum absolute atomic E-state index is 12.6. The van der Waals surface area contributed by atoms with Gasteiger partial charge in [-0.3, -0.25) is 0 Å². The summed E-state index contributed by atoms with van der Waals surface area (Å²) in [5.74, 6) is 1.72. The third kappa shape index (κ3) is 11.3. The Morgan fingerprint density at radius 3 is 1.71 bits per heavy atom. The molecule has 7 nitrogen and oxygen atoms in total. The van der Waals surface area contributed by atoms with Crippen molar-refractivity contribution in [3.63, 3.8) is 0 Å². The second-order valence-corrected chi connectivity index (χ2v) is 15.2. The van der Waals surface area contributed by atoms with Gasteiger partial charge in [-0.05, 0) is 103 Å². The Morgan fingerprint density at radius 1 is 0.636 bits per heavy atom. The van der Waals surface area contributed by atoms with Gasteiger partial charge in [0.15, 0.2) is 0 Å². The molecule has 0 N–H and O–H groups in total. The second kappa shape index (κ2) is 20.7. The number of nitrogens with zero attached hydrogens (tertiary/aromatic N) is 2. The molecule has 0 atom stereocenters. The number of hydrogen-bond acceptors (Lipinski definition) is 6. The lowest BCUT2D eigenvalue weighted by Gasteiger charge is -2.26. The summed E-state index contributed by atoms with van der Waals surface area (Å²) < 4.78 is 52.0. The van der Waals surface area contributed by atoms with Crippen LogP contribution in [0.15, 0.2) is 132 Å². The van der Waals surface area contributed by atoms with Gasteiger partial charge in [0.1, 0.15) is 28.2 Å². The zero-order valence-corrected chi connectivity index (χ0v) is 33.7. The monoisotopic (exact) mass is 760 g/mol. The first-order valence-corrected chi connectivity index (χ1v) is 21.3. The van der Waals surface area contributed by atoms with Crippen molar-refractivity contribution in [1.82, 2.24) is 0 Å². The molecule has 0 fully saturated rings. The maximum Gasteiger partial charge on any atom is 0.205 e. The smallest absolute Gasteiger partial charge is 0.205 e. The minimum atomic E-state index is -4.76. The molecule has 0 saturated heterocycles. The predicted molar refractivity (Wildman–Crippen MR) is 225 cm³/mol. The summed E-state index contributed by atoms with van der Waals surface area (Å²) in [6, 6.07) is 31.1. The summed E-state index contributed by atoms with van der Waals surface area (Å²) in [5, 5.41) is 0. The number of ether oxygens (including phenoxy) is 2. The van der Waals surface area contributed by atoms with Gasteiger partial charge in [-0.25, -0.2) is 8.42 Å². The van der Waals surface area contributed by atoms with Gasteiger partial charge in [-0.1, -0.05) is 83.7 Å². The molecule has 1 aliphatic carbocycles. The van der Waals surface area contributed by atoms with E-state index in [2.05, 4.69) is 85.7 Å². The van der Waals surface area contributed by atoms with E-state index in [0.29, 0.717) is 24.4 Å². The summed E-state index contributed by atoms with van der Waals surface area (Å²) in [4.78, 5) is 2.05. The third-order valence-corrected chi connectivity index (χ3v) is 10.6. The van der Waals surface area contributed by atoms with E-state index in [1.807, 2.05) is 48.6 Å². The van der Waals surface area contributed by atoms with Crippen LogP contribution in [0.2, 0.25) is 0 Å². The first-order chi connectivity index (χ1) is 26.8. The van der Waals surface area contributed by atoms with Gasteiger partial charge in [-0.2, -0.15) is 4.58 Å². The van der Waals surface area contributed by atoms with Gasteiger partial charge >= 0.3 is 0 Å². The Morgan fingerprint density at radius 2 is 1.16 bits per heavy atom. The minimum Gasteiger partial charge on any atom is -0.744 e. The van der Waals surface area contributed by atoms with E-state index >= 15 is 0 Å². The summed E-state index contributed by atoms with van der Waals surface area (Å²) in [6.45, 7) is 11.8. The van der Waals surface area contributed by atoms with Crippen molar-refractivity contribution in [2.75, 3.05) is 31.2 Å². The highest BCUT2D eigenvalue weighted by Gasteiger charge is 2.21. The summed E-state index contributed by atoms with van der Waals surface area (Å²) in [7, 11) is -4.76. The average Bonchev–Trinajstić information content (AvgIpc) is 3.20. The first-order valence-electron chi connectivity index (χ1n) is 19.9. The first kappa shape index (κ1) is 41.2. The van der Waals surface area contributed by atoms with Crippen LogP contribution in [0.5, 0.6) is 11.5 Å². The number of allylic oxidation sites excluding steroid dienone is 5. The van der Waals surface area contributed by atoms with E-state index < -0.39 is 10.1 Å². The summed E-state index contributed by atoms with van der Waals surface area (Å²) >= 11 is 0. The highest BCUT2D eigenvalue weighted by Crippen LogP contribution is 2.36. The average molecular weight is 761 g/mol.